The van der Waals surface area contributed by atoms with Gasteiger partial charge in [-0.2, -0.15) is 0 Å². The Balaban J connectivity index is 1.55. The molecular weight excluding hydrogens is 380 g/mol. The molecule has 0 bridgehead atoms. The fourth-order valence-corrected chi connectivity index (χ4v) is 5.10. The number of hydrogen-bond donors (Lipinski definition) is 1. The van der Waals surface area contributed by atoms with E-state index in [9.17, 15) is 14.4 Å². The van der Waals surface area contributed by atoms with Gasteiger partial charge in [0, 0.05) is 54.9 Å². The predicted octanol–water partition coefficient (Wildman–Crippen LogP) is 2.15. The highest BCUT2D eigenvalue weighted by Gasteiger charge is 2.40. The van der Waals surface area contributed by atoms with Crippen LogP contribution in [0.15, 0.2) is 18.2 Å². The van der Waals surface area contributed by atoms with Gasteiger partial charge in [-0.15, -0.1) is 0 Å². The van der Waals surface area contributed by atoms with E-state index < -0.39 is 6.04 Å². The van der Waals surface area contributed by atoms with E-state index in [1.54, 1.807) is 4.90 Å². The van der Waals surface area contributed by atoms with Crippen molar-refractivity contribution in [2.75, 3.05) is 18.0 Å². The van der Waals surface area contributed by atoms with Gasteiger partial charge in [0.05, 0.1) is 0 Å². The molecule has 0 spiro atoms. The molecule has 1 aromatic rings. The molecule has 0 radical (unpaired) electrons. The summed E-state index contributed by atoms with van der Waals surface area (Å²) in [7, 11) is 0. The molecule has 1 N–H and O–H groups in total. The number of carbonyl (C=O) groups excluding carboxylic acids is 3. The Morgan fingerprint density at radius 2 is 1.70 bits per heavy atom. The van der Waals surface area contributed by atoms with Crippen LogP contribution in [0.4, 0.5) is 5.69 Å². The topological polar surface area (TPSA) is 73.0 Å². The summed E-state index contributed by atoms with van der Waals surface area (Å²) in [5, 5.41) is 2.36. The van der Waals surface area contributed by atoms with Gasteiger partial charge in [-0.05, 0) is 64.8 Å². The standard InChI is InChI=1S/C23H32N4O3/c1-14-11-25(23(3,4)5)12-15(2)27(14)17-6-7-18-16(10-17)13-26(22(18)30)19-8-9-20(28)24-21(19)29/h6-7,10,14-15,19H,8-9,11-13H2,1-5H3,(H,24,28,29)/t14?,15?,19-/m1/s1. The van der Waals surface area contributed by atoms with Gasteiger partial charge in [0.15, 0.2) is 0 Å². The molecule has 3 aliphatic rings. The largest absolute Gasteiger partial charge is 0.364 e. The van der Waals surface area contributed by atoms with Gasteiger partial charge in [-0.1, -0.05) is 0 Å². The van der Waals surface area contributed by atoms with Crippen LogP contribution in [0, 0.1) is 0 Å². The SMILES string of the molecule is CC1CN(C(C)(C)C)CC(C)N1c1ccc2c(c1)CN([C@@H]1CCC(=O)NC1=O)C2=O. The van der Waals surface area contributed by atoms with Crippen molar-refractivity contribution in [1.29, 1.82) is 0 Å². The Kier molecular flexibility index (Phi) is 5.12. The molecule has 0 aromatic heterocycles. The van der Waals surface area contributed by atoms with Crippen LogP contribution in [0.1, 0.15) is 63.4 Å². The third-order valence-electron chi connectivity index (χ3n) is 6.67. The van der Waals surface area contributed by atoms with Crippen LogP contribution in [-0.2, 0) is 16.1 Å². The Morgan fingerprint density at radius 1 is 1.03 bits per heavy atom. The number of carbonyl (C=O) groups is 3. The van der Waals surface area contributed by atoms with E-state index in [1.807, 2.05) is 12.1 Å². The highest BCUT2D eigenvalue weighted by atomic mass is 16.2. The molecule has 3 aliphatic heterocycles. The molecule has 2 fully saturated rings. The quantitative estimate of drug-likeness (QED) is 0.754. The third-order valence-corrected chi connectivity index (χ3v) is 6.67. The molecule has 0 aliphatic carbocycles. The summed E-state index contributed by atoms with van der Waals surface area (Å²) < 4.78 is 0. The van der Waals surface area contributed by atoms with Crippen LogP contribution in [0.5, 0.6) is 0 Å². The van der Waals surface area contributed by atoms with Crippen LogP contribution in [0.3, 0.4) is 0 Å². The maximum Gasteiger partial charge on any atom is 0.255 e. The Labute approximate surface area is 178 Å². The van der Waals surface area contributed by atoms with Crippen molar-refractivity contribution in [3.63, 3.8) is 0 Å². The maximum absolute atomic E-state index is 12.9. The van der Waals surface area contributed by atoms with E-state index >= 15 is 0 Å². The van der Waals surface area contributed by atoms with Gasteiger partial charge >= 0.3 is 0 Å². The number of piperazine rings is 1. The first kappa shape index (κ1) is 20.8. The van der Waals surface area contributed by atoms with Crippen LogP contribution >= 0.6 is 0 Å². The number of fused-ring (bicyclic) bond motifs is 1. The number of amides is 3. The highest BCUT2D eigenvalue weighted by molar-refractivity contribution is 6.05. The van der Waals surface area contributed by atoms with Gasteiger partial charge in [0.2, 0.25) is 11.8 Å². The summed E-state index contributed by atoms with van der Waals surface area (Å²) in [5.74, 6) is -0.752. The van der Waals surface area contributed by atoms with Crippen LogP contribution in [0.2, 0.25) is 0 Å². The highest BCUT2D eigenvalue weighted by Crippen LogP contribution is 2.33. The predicted molar refractivity (Wildman–Crippen MR) is 115 cm³/mol. The molecule has 30 heavy (non-hydrogen) atoms. The van der Waals surface area contributed by atoms with E-state index in [0.717, 1.165) is 24.3 Å². The summed E-state index contributed by atoms with van der Waals surface area (Å²) in [6.45, 7) is 13.7. The zero-order valence-corrected chi connectivity index (χ0v) is 18.6. The second-order valence-corrected chi connectivity index (χ2v) is 9.92. The average Bonchev–Trinajstić information content (AvgIpc) is 2.96. The van der Waals surface area contributed by atoms with Crippen LogP contribution in [0.25, 0.3) is 0 Å². The lowest BCUT2D eigenvalue weighted by Gasteiger charge is -2.50. The maximum atomic E-state index is 12.9. The summed E-state index contributed by atoms with van der Waals surface area (Å²) in [4.78, 5) is 43.2. The second kappa shape index (κ2) is 7.38. The molecule has 2 saturated heterocycles. The first-order valence-corrected chi connectivity index (χ1v) is 10.9. The van der Waals surface area contributed by atoms with Gasteiger partial charge in [0.25, 0.3) is 5.91 Å². The number of piperidine rings is 1. The summed E-state index contributed by atoms with van der Waals surface area (Å²) in [6, 6.07) is 6.18. The number of hydrogen-bond acceptors (Lipinski definition) is 5. The van der Waals surface area contributed by atoms with E-state index in [2.05, 4.69) is 55.8 Å². The molecular formula is C23H32N4O3. The van der Waals surface area contributed by atoms with Gasteiger partial charge in [0.1, 0.15) is 6.04 Å². The Hall–Kier alpha value is -2.41. The third kappa shape index (κ3) is 3.60. The molecule has 162 valence electrons. The van der Waals surface area contributed by atoms with Gasteiger partial charge in [-0.3, -0.25) is 24.6 Å². The molecule has 3 amide bonds. The van der Waals surface area contributed by atoms with Gasteiger partial charge < -0.3 is 9.80 Å². The van der Waals surface area contributed by atoms with Crippen molar-refractivity contribution in [2.45, 2.75) is 77.7 Å². The number of nitrogens with zero attached hydrogens (tertiary/aromatic N) is 3. The molecule has 2 unspecified atom stereocenters. The van der Waals surface area contributed by atoms with Crippen molar-refractivity contribution >= 4 is 23.4 Å². The van der Waals surface area contributed by atoms with Crippen LogP contribution in [-0.4, -0.2) is 64.3 Å². The molecule has 7 nitrogen and oxygen atoms in total. The monoisotopic (exact) mass is 412 g/mol. The molecule has 3 heterocycles. The molecule has 1 aromatic carbocycles. The van der Waals surface area contributed by atoms with E-state index in [1.165, 1.54) is 0 Å². The van der Waals surface area contributed by atoms with Crippen molar-refractivity contribution in [3.8, 4) is 0 Å². The fourth-order valence-electron chi connectivity index (χ4n) is 5.10. The lowest BCUT2D eigenvalue weighted by molar-refractivity contribution is -0.136. The van der Waals surface area contributed by atoms with Crippen molar-refractivity contribution < 1.29 is 14.4 Å². The molecule has 3 atom stereocenters. The zero-order valence-electron chi connectivity index (χ0n) is 18.6. The lowest BCUT2D eigenvalue weighted by Crippen LogP contribution is -2.61. The van der Waals surface area contributed by atoms with E-state index in [-0.39, 0.29) is 29.7 Å². The van der Waals surface area contributed by atoms with E-state index in [4.69, 9.17) is 0 Å². The number of imide groups is 1. The number of benzene rings is 1. The minimum atomic E-state index is -0.570. The van der Waals surface area contributed by atoms with Crippen molar-refractivity contribution in [1.82, 2.24) is 15.1 Å². The summed E-state index contributed by atoms with van der Waals surface area (Å²) >= 11 is 0. The first-order chi connectivity index (χ1) is 14.1. The Bertz CT molecular complexity index is 879. The first-order valence-electron chi connectivity index (χ1n) is 10.9. The van der Waals surface area contributed by atoms with Gasteiger partial charge in [-0.25, -0.2) is 0 Å². The van der Waals surface area contributed by atoms with E-state index in [0.29, 0.717) is 30.6 Å². The number of nitrogens with one attached hydrogen (secondary N) is 1. The smallest absolute Gasteiger partial charge is 0.255 e. The minimum absolute atomic E-state index is 0.121. The zero-order chi connectivity index (χ0) is 21.8. The average molecular weight is 413 g/mol. The van der Waals surface area contributed by atoms with Crippen molar-refractivity contribution in [3.05, 3.63) is 29.3 Å². The van der Waals surface area contributed by atoms with Crippen molar-refractivity contribution in [2.24, 2.45) is 0 Å². The lowest BCUT2D eigenvalue weighted by atomic mass is 9.98. The minimum Gasteiger partial charge on any atom is -0.364 e. The normalized spacial score (nSPS) is 28.0. The molecule has 4 rings (SSSR count). The summed E-state index contributed by atoms with van der Waals surface area (Å²) in [6.07, 6.45) is 0.662. The molecule has 0 saturated carbocycles. The summed E-state index contributed by atoms with van der Waals surface area (Å²) in [5.41, 5.74) is 2.89. The molecule has 7 heteroatoms. The number of rotatable bonds is 2. The second-order valence-electron chi connectivity index (χ2n) is 9.92. The number of anilines is 1. The van der Waals surface area contributed by atoms with Crippen LogP contribution < -0.4 is 10.2 Å². The fraction of sp³-hybridized carbons (Fsp3) is 0.609. The Morgan fingerprint density at radius 3 is 2.30 bits per heavy atom.